The number of nitrogens with one attached hydrogen (secondary N) is 1. The fourth-order valence-corrected chi connectivity index (χ4v) is 3.09. The Morgan fingerprint density at radius 2 is 2.17 bits per heavy atom. The molecule has 1 fully saturated rings. The van der Waals surface area contributed by atoms with Crippen LogP contribution in [0.25, 0.3) is 0 Å². The smallest absolute Gasteiger partial charge is 0.329 e. The molecule has 1 saturated carbocycles. The lowest BCUT2D eigenvalue weighted by molar-refractivity contribution is -0.143. The highest BCUT2D eigenvalue weighted by atomic mass is 32.1. The minimum Gasteiger partial charge on any atom is -0.480 e. The van der Waals surface area contributed by atoms with Crippen molar-refractivity contribution in [1.29, 1.82) is 0 Å². The molecule has 1 heterocycles. The Kier molecular flexibility index (Phi) is 4.16. The van der Waals surface area contributed by atoms with Gasteiger partial charge in [-0.25, -0.2) is 9.78 Å². The number of nitrogens with zero attached hydrogens (tertiary/aromatic N) is 2. The molecule has 0 amide bonds. The molecule has 2 N–H and O–H groups in total. The third kappa shape index (κ3) is 2.80. The zero-order valence-corrected chi connectivity index (χ0v) is 11.4. The van der Waals surface area contributed by atoms with Gasteiger partial charge in [0, 0.05) is 18.0 Å². The Morgan fingerprint density at radius 1 is 1.44 bits per heavy atom. The van der Waals surface area contributed by atoms with Crippen molar-refractivity contribution in [2.45, 2.75) is 57.4 Å². The Balaban J connectivity index is 2.10. The Morgan fingerprint density at radius 3 is 2.78 bits per heavy atom. The van der Waals surface area contributed by atoms with Gasteiger partial charge in [-0.15, -0.1) is 0 Å². The summed E-state index contributed by atoms with van der Waals surface area (Å²) < 4.78 is 4.24. The van der Waals surface area contributed by atoms with Gasteiger partial charge in [0.15, 0.2) is 0 Å². The molecule has 1 aromatic heterocycles. The SMILES string of the molecule is CCCc1nsc(NC2(C(=O)O)CCCCC2)n1. The number of aliphatic carboxylic acids is 1. The molecule has 0 atom stereocenters. The average Bonchev–Trinajstić information content (AvgIpc) is 2.78. The van der Waals surface area contributed by atoms with Crippen LogP contribution in [-0.2, 0) is 11.2 Å². The first-order valence-electron chi connectivity index (χ1n) is 6.50. The number of hydrogen-bond donors (Lipinski definition) is 2. The van der Waals surface area contributed by atoms with E-state index in [1.54, 1.807) is 0 Å². The molecule has 1 aliphatic rings. The molecular weight excluding hydrogens is 250 g/mol. The van der Waals surface area contributed by atoms with E-state index in [0.29, 0.717) is 18.0 Å². The summed E-state index contributed by atoms with van der Waals surface area (Å²) in [6, 6.07) is 0. The van der Waals surface area contributed by atoms with Gasteiger partial charge in [0.25, 0.3) is 0 Å². The van der Waals surface area contributed by atoms with Crippen LogP contribution in [-0.4, -0.2) is 26.0 Å². The first-order chi connectivity index (χ1) is 8.66. The maximum Gasteiger partial charge on any atom is 0.329 e. The average molecular weight is 269 g/mol. The quantitative estimate of drug-likeness (QED) is 0.859. The molecule has 0 saturated heterocycles. The summed E-state index contributed by atoms with van der Waals surface area (Å²) in [5, 5.41) is 13.2. The molecule has 0 spiro atoms. The van der Waals surface area contributed by atoms with E-state index in [9.17, 15) is 9.90 Å². The second kappa shape index (κ2) is 5.65. The summed E-state index contributed by atoms with van der Waals surface area (Å²) in [4.78, 5) is 15.9. The fourth-order valence-electron chi connectivity index (χ4n) is 2.38. The maximum absolute atomic E-state index is 11.5. The Bertz CT molecular complexity index is 413. The van der Waals surface area contributed by atoms with Gasteiger partial charge in [0.05, 0.1) is 0 Å². The van der Waals surface area contributed by atoms with Crippen molar-refractivity contribution in [2.75, 3.05) is 5.32 Å². The maximum atomic E-state index is 11.5. The number of carboxylic acids is 1. The van der Waals surface area contributed by atoms with Gasteiger partial charge < -0.3 is 10.4 Å². The molecule has 0 aliphatic heterocycles. The first kappa shape index (κ1) is 13.3. The lowest BCUT2D eigenvalue weighted by Gasteiger charge is -2.33. The van der Waals surface area contributed by atoms with Crippen LogP contribution in [0, 0.1) is 0 Å². The Hall–Kier alpha value is -1.17. The largest absolute Gasteiger partial charge is 0.480 e. The van der Waals surface area contributed by atoms with Gasteiger partial charge in [-0.2, -0.15) is 4.37 Å². The van der Waals surface area contributed by atoms with Crippen LogP contribution >= 0.6 is 11.5 Å². The van der Waals surface area contributed by atoms with E-state index in [4.69, 9.17) is 0 Å². The molecular formula is C12H19N3O2S. The summed E-state index contributed by atoms with van der Waals surface area (Å²) in [5.41, 5.74) is -0.832. The van der Waals surface area contributed by atoms with Crippen LogP contribution in [0.1, 0.15) is 51.3 Å². The number of carboxylic acid groups (broad SMARTS) is 1. The minimum atomic E-state index is -0.832. The summed E-state index contributed by atoms with van der Waals surface area (Å²) in [5.74, 6) is 0.0378. The standard InChI is InChI=1S/C12H19N3O2S/c1-2-6-9-13-11(18-15-9)14-12(10(16)17)7-4-3-5-8-12/h2-8H2,1H3,(H,16,17)(H,13,14,15). The molecule has 0 aromatic carbocycles. The molecule has 18 heavy (non-hydrogen) atoms. The van der Waals surface area contributed by atoms with Gasteiger partial charge in [0.1, 0.15) is 11.4 Å². The van der Waals surface area contributed by atoms with E-state index in [-0.39, 0.29) is 0 Å². The highest BCUT2D eigenvalue weighted by Gasteiger charge is 2.40. The number of anilines is 1. The molecule has 2 rings (SSSR count). The van der Waals surface area contributed by atoms with E-state index in [1.165, 1.54) is 11.5 Å². The van der Waals surface area contributed by atoms with Gasteiger partial charge in [-0.3, -0.25) is 0 Å². The third-order valence-electron chi connectivity index (χ3n) is 3.40. The van der Waals surface area contributed by atoms with E-state index >= 15 is 0 Å². The monoisotopic (exact) mass is 269 g/mol. The zero-order valence-electron chi connectivity index (χ0n) is 10.6. The van der Waals surface area contributed by atoms with Crippen LogP contribution in [0.15, 0.2) is 0 Å². The van der Waals surface area contributed by atoms with Crippen molar-refractivity contribution in [3.05, 3.63) is 5.82 Å². The first-order valence-corrected chi connectivity index (χ1v) is 7.28. The molecule has 0 radical (unpaired) electrons. The van der Waals surface area contributed by atoms with Crippen LogP contribution in [0.3, 0.4) is 0 Å². The summed E-state index contributed by atoms with van der Waals surface area (Å²) in [6.07, 6.45) is 6.22. The molecule has 6 heteroatoms. The van der Waals surface area contributed by atoms with Crippen molar-refractivity contribution >= 4 is 22.6 Å². The van der Waals surface area contributed by atoms with E-state index in [1.807, 2.05) is 0 Å². The molecule has 0 unspecified atom stereocenters. The van der Waals surface area contributed by atoms with Gasteiger partial charge in [0.2, 0.25) is 5.13 Å². The second-order valence-corrected chi connectivity index (χ2v) is 5.59. The third-order valence-corrected chi connectivity index (χ3v) is 4.07. The van der Waals surface area contributed by atoms with Crippen molar-refractivity contribution < 1.29 is 9.90 Å². The predicted molar refractivity (Wildman–Crippen MR) is 71.0 cm³/mol. The van der Waals surface area contributed by atoms with Crippen molar-refractivity contribution in [3.8, 4) is 0 Å². The molecule has 5 nitrogen and oxygen atoms in total. The van der Waals surface area contributed by atoms with Crippen molar-refractivity contribution in [3.63, 3.8) is 0 Å². The summed E-state index contributed by atoms with van der Waals surface area (Å²) in [7, 11) is 0. The molecule has 100 valence electrons. The number of aromatic nitrogens is 2. The number of hydrogen-bond acceptors (Lipinski definition) is 5. The van der Waals surface area contributed by atoms with Gasteiger partial charge in [-0.1, -0.05) is 26.2 Å². The number of rotatable bonds is 5. The van der Waals surface area contributed by atoms with Gasteiger partial charge >= 0.3 is 5.97 Å². The minimum absolute atomic E-state index is 0.641. The molecule has 0 bridgehead atoms. The highest BCUT2D eigenvalue weighted by Crippen LogP contribution is 2.32. The van der Waals surface area contributed by atoms with Gasteiger partial charge in [-0.05, 0) is 19.3 Å². The predicted octanol–water partition coefficient (Wildman–Crippen LogP) is 2.69. The second-order valence-electron chi connectivity index (χ2n) is 4.84. The van der Waals surface area contributed by atoms with Crippen molar-refractivity contribution in [2.24, 2.45) is 0 Å². The zero-order chi connectivity index (χ0) is 13.0. The molecule has 1 aromatic rings. The van der Waals surface area contributed by atoms with Crippen molar-refractivity contribution in [1.82, 2.24) is 9.36 Å². The summed E-state index contributed by atoms with van der Waals surface area (Å²) >= 11 is 1.26. The number of carbonyl (C=O) groups is 1. The lowest BCUT2D eigenvalue weighted by atomic mass is 9.82. The van der Waals surface area contributed by atoms with Crippen LogP contribution in [0.2, 0.25) is 0 Å². The Labute approximate surface area is 111 Å². The van der Waals surface area contributed by atoms with Crippen LogP contribution < -0.4 is 5.32 Å². The highest BCUT2D eigenvalue weighted by molar-refractivity contribution is 7.09. The van der Waals surface area contributed by atoms with E-state index < -0.39 is 11.5 Å². The topological polar surface area (TPSA) is 75.1 Å². The lowest BCUT2D eigenvalue weighted by Crippen LogP contribution is -2.47. The van der Waals surface area contributed by atoms with E-state index in [0.717, 1.165) is 37.9 Å². The molecule has 1 aliphatic carbocycles. The van der Waals surface area contributed by atoms with Crippen LogP contribution in [0.4, 0.5) is 5.13 Å². The van der Waals surface area contributed by atoms with Crippen LogP contribution in [0.5, 0.6) is 0 Å². The fraction of sp³-hybridized carbons (Fsp3) is 0.750. The summed E-state index contributed by atoms with van der Waals surface area (Å²) in [6.45, 7) is 2.08. The normalized spacial score (nSPS) is 18.5. The number of aryl methyl sites for hydroxylation is 1. The van der Waals surface area contributed by atoms with E-state index in [2.05, 4.69) is 21.6 Å².